The normalized spacial score (nSPS) is 13.6. The highest BCUT2D eigenvalue weighted by Crippen LogP contribution is 2.45. The van der Waals surface area contributed by atoms with Gasteiger partial charge >= 0.3 is 0 Å². The Morgan fingerprint density at radius 2 is 0.817 bits per heavy atom. The molecule has 2 aliphatic heterocycles. The van der Waals surface area contributed by atoms with Gasteiger partial charge in [-0.3, -0.25) is 0 Å². The van der Waals surface area contributed by atoms with E-state index in [1.807, 2.05) is 24.3 Å². The standard InChI is InChI=1S/C52H36BF5N2/c1-51(2,3)30-21-34-32-15-25-11-7-9-13-27(25)17-38(32)59-40-19-29(42-44(54)46(56)48(58)47(57)45(42)55)20-41-43(40)53(36(23-30)49(34)59)37-24-31(52(4,5)6)22-35-33-16-26-12-8-10-14-28(26)18-39(33)60(41)50(35)37/h7-24H,1-6H3. The number of rotatable bonds is 1. The molecule has 0 bridgehead atoms. The van der Waals surface area contributed by atoms with Crippen LogP contribution in [0.25, 0.3) is 87.7 Å². The molecule has 4 heterocycles. The fourth-order valence-electron chi connectivity index (χ4n) is 10.3. The minimum atomic E-state index is -2.18. The molecular weight excluding hydrogens is 758 g/mol. The van der Waals surface area contributed by atoms with Crippen LogP contribution in [0.15, 0.2) is 109 Å². The average molecular weight is 795 g/mol. The highest BCUT2D eigenvalue weighted by atomic mass is 19.2. The fraction of sp³-hybridized carbons (Fsp3) is 0.154. The fourth-order valence-corrected chi connectivity index (χ4v) is 10.3. The summed E-state index contributed by atoms with van der Waals surface area (Å²) in [5.41, 5.74) is 8.87. The van der Waals surface area contributed by atoms with E-state index in [2.05, 4.69) is 123 Å². The largest absolute Gasteiger partial charge is 0.310 e. The van der Waals surface area contributed by atoms with E-state index in [1.165, 1.54) is 11.1 Å². The van der Waals surface area contributed by atoms with Crippen molar-refractivity contribution in [2.24, 2.45) is 0 Å². The van der Waals surface area contributed by atoms with Crippen LogP contribution < -0.4 is 16.4 Å². The van der Waals surface area contributed by atoms with Crippen molar-refractivity contribution < 1.29 is 22.0 Å². The van der Waals surface area contributed by atoms with Gasteiger partial charge in [-0.05, 0) is 114 Å². The lowest BCUT2D eigenvalue weighted by atomic mass is 9.34. The second-order valence-electron chi connectivity index (χ2n) is 18.8. The van der Waals surface area contributed by atoms with Gasteiger partial charge in [0.15, 0.2) is 23.3 Å². The molecular formula is C52H36BF5N2. The molecule has 0 amide bonds. The first-order chi connectivity index (χ1) is 28.6. The molecule has 0 saturated carbocycles. The molecule has 2 aliphatic rings. The van der Waals surface area contributed by atoms with Gasteiger partial charge in [0, 0.05) is 44.0 Å². The van der Waals surface area contributed by atoms with Crippen LogP contribution in [0.5, 0.6) is 0 Å². The lowest BCUT2D eigenvalue weighted by molar-refractivity contribution is 0.381. The number of nitrogens with zero attached hydrogens (tertiary/aromatic N) is 2. The molecule has 10 aromatic rings. The van der Waals surface area contributed by atoms with Gasteiger partial charge in [-0.1, -0.05) is 102 Å². The third-order valence-electron chi connectivity index (χ3n) is 13.3. The van der Waals surface area contributed by atoms with Gasteiger partial charge < -0.3 is 9.13 Å². The Hall–Kier alpha value is -6.41. The Balaban J connectivity index is 1.36. The van der Waals surface area contributed by atoms with Crippen molar-refractivity contribution in [3.05, 3.63) is 149 Å². The summed E-state index contributed by atoms with van der Waals surface area (Å²) in [5, 5.41) is 8.25. The monoisotopic (exact) mass is 794 g/mol. The molecule has 60 heavy (non-hydrogen) atoms. The first kappa shape index (κ1) is 35.5. The number of hydrogen-bond donors (Lipinski definition) is 0. The van der Waals surface area contributed by atoms with Crippen molar-refractivity contribution in [2.45, 2.75) is 52.4 Å². The van der Waals surface area contributed by atoms with Crippen LogP contribution in [0.3, 0.4) is 0 Å². The molecule has 0 N–H and O–H groups in total. The van der Waals surface area contributed by atoms with E-state index in [4.69, 9.17) is 0 Å². The molecule has 12 rings (SSSR count). The van der Waals surface area contributed by atoms with E-state index in [0.717, 1.165) is 81.5 Å². The zero-order chi connectivity index (χ0) is 41.5. The highest BCUT2D eigenvalue weighted by Gasteiger charge is 2.43. The summed E-state index contributed by atoms with van der Waals surface area (Å²) in [6.45, 7) is 13.0. The quantitative estimate of drug-likeness (QED) is 0.0678. The van der Waals surface area contributed by atoms with Gasteiger partial charge in [0.25, 0.3) is 6.71 Å². The lowest BCUT2D eigenvalue weighted by Gasteiger charge is -2.36. The first-order valence-electron chi connectivity index (χ1n) is 20.3. The topological polar surface area (TPSA) is 9.86 Å². The minimum Gasteiger partial charge on any atom is -0.310 e. The van der Waals surface area contributed by atoms with E-state index >= 15 is 17.6 Å². The zero-order valence-electron chi connectivity index (χ0n) is 33.8. The third-order valence-corrected chi connectivity index (χ3v) is 13.3. The Morgan fingerprint density at radius 1 is 0.433 bits per heavy atom. The van der Waals surface area contributed by atoms with Gasteiger partial charge in [0.05, 0.1) is 16.6 Å². The highest BCUT2D eigenvalue weighted by molar-refractivity contribution is 7.00. The average Bonchev–Trinajstić information content (AvgIpc) is 3.72. The van der Waals surface area contributed by atoms with Crippen molar-refractivity contribution in [2.75, 3.05) is 0 Å². The molecule has 8 aromatic carbocycles. The lowest BCUT2D eigenvalue weighted by Crippen LogP contribution is -2.59. The molecule has 292 valence electrons. The van der Waals surface area contributed by atoms with Crippen LogP contribution in [0.1, 0.15) is 52.7 Å². The summed E-state index contributed by atoms with van der Waals surface area (Å²) in [6.07, 6.45) is 0. The SMILES string of the molecule is CC(C)(C)c1cc2c3c(c1)c1cc4ccccc4cc1n3-c1cc(-c3c(F)c(F)c(F)c(F)c3F)cc3c1B2c1cc(C(C)(C)C)cc2c4cc5ccccc5cc4n-3c12. The molecule has 2 aromatic heterocycles. The first-order valence-corrected chi connectivity index (χ1v) is 20.3. The maximum atomic E-state index is 16.1. The molecule has 0 fully saturated rings. The molecule has 0 unspecified atom stereocenters. The molecule has 0 saturated heterocycles. The maximum absolute atomic E-state index is 16.1. The molecule has 8 heteroatoms. The van der Waals surface area contributed by atoms with Crippen LogP contribution in [-0.2, 0) is 10.8 Å². The number of hydrogen-bond acceptors (Lipinski definition) is 0. The number of halogens is 5. The number of aromatic nitrogens is 2. The predicted molar refractivity (Wildman–Crippen MR) is 237 cm³/mol. The molecule has 0 atom stereocenters. The van der Waals surface area contributed by atoms with E-state index in [-0.39, 0.29) is 23.1 Å². The van der Waals surface area contributed by atoms with E-state index in [1.54, 1.807) is 12.1 Å². The predicted octanol–water partition coefficient (Wildman–Crippen LogP) is 12.3. The van der Waals surface area contributed by atoms with E-state index in [9.17, 15) is 4.39 Å². The van der Waals surface area contributed by atoms with Crippen LogP contribution in [0.2, 0.25) is 0 Å². The summed E-state index contributed by atoms with van der Waals surface area (Å²) >= 11 is 0. The summed E-state index contributed by atoms with van der Waals surface area (Å²) in [4.78, 5) is 0. The molecule has 0 spiro atoms. The summed E-state index contributed by atoms with van der Waals surface area (Å²) < 4.78 is 81.5. The Bertz CT molecular complexity index is 3410. The second kappa shape index (κ2) is 11.4. The summed E-state index contributed by atoms with van der Waals surface area (Å²) in [5.74, 6) is -9.87. The van der Waals surface area contributed by atoms with Crippen LogP contribution in [0.4, 0.5) is 22.0 Å². The minimum absolute atomic E-state index is 0.105. The van der Waals surface area contributed by atoms with Gasteiger partial charge in [0.1, 0.15) is 0 Å². The second-order valence-corrected chi connectivity index (χ2v) is 18.8. The van der Waals surface area contributed by atoms with Gasteiger partial charge in [-0.2, -0.15) is 0 Å². The molecule has 0 aliphatic carbocycles. The smallest absolute Gasteiger partial charge is 0.252 e. The van der Waals surface area contributed by atoms with Crippen LogP contribution in [-0.4, -0.2) is 15.8 Å². The molecule has 0 radical (unpaired) electrons. The summed E-state index contributed by atoms with van der Waals surface area (Å²) in [6, 6.07) is 37.5. The van der Waals surface area contributed by atoms with Crippen molar-refractivity contribution in [3.63, 3.8) is 0 Å². The van der Waals surface area contributed by atoms with Crippen molar-refractivity contribution in [3.8, 4) is 22.5 Å². The van der Waals surface area contributed by atoms with E-state index < -0.39 is 34.6 Å². The van der Waals surface area contributed by atoms with Crippen LogP contribution >= 0.6 is 0 Å². The van der Waals surface area contributed by atoms with Gasteiger partial charge in [0.2, 0.25) is 5.82 Å². The Kier molecular flexibility index (Phi) is 6.78. The van der Waals surface area contributed by atoms with Gasteiger partial charge in [-0.15, -0.1) is 0 Å². The van der Waals surface area contributed by atoms with E-state index in [0.29, 0.717) is 11.4 Å². The van der Waals surface area contributed by atoms with Crippen molar-refractivity contribution >= 4 is 88.3 Å². The summed E-state index contributed by atoms with van der Waals surface area (Å²) in [7, 11) is 0. The number of fused-ring (bicyclic) bond motifs is 12. The maximum Gasteiger partial charge on any atom is 0.252 e. The van der Waals surface area contributed by atoms with Crippen molar-refractivity contribution in [1.82, 2.24) is 9.13 Å². The van der Waals surface area contributed by atoms with Gasteiger partial charge in [-0.25, -0.2) is 22.0 Å². The Morgan fingerprint density at radius 3 is 1.22 bits per heavy atom. The third kappa shape index (κ3) is 4.49. The van der Waals surface area contributed by atoms with Crippen LogP contribution in [0, 0.1) is 29.1 Å². The Labute approximate surface area is 342 Å². The zero-order valence-corrected chi connectivity index (χ0v) is 33.8. The number of benzene rings is 8. The molecule has 2 nitrogen and oxygen atoms in total. The van der Waals surface area contributed by atoms with Crippen molar-refractivity contribution in [1.29, 1.82) is 0 Å².